The Morgan fingerprint density at radius 2 is 1.83 bits per heavy atom. The van der Waals surface area contributed by atoms with Crippen molar-refractivity contribution in [3.8, 4) is 0 Å². The number of carbonyl (C=O) groups is 1. The number of ether oxygens (including phenoxy) is 2. The predicted octanol–water partition coefficient (Wildman–Crippen LogP) is 3.28. The maximum absolute atomic E-state index is 11.8. The third-order valence-electron chi connectivity index (χ3n) is 6.00. The van der Waals surface area contributed by atoms with Gasteiger partial charge in [0, 0.05) is 32.2 Å². The fourth-order valence-electron chi connectivity index (χ4n) is 4.64. The molecule has 1 saturated carbocycles. The second-order valence-electron chi connectivity index (χ2n) is 7.64. The highest BCUT2D eigenvalue weighted by molar-refractivity contribution is 5.67. The summed E-state index contributed by atoms with van der Waals surface area (Å²) < 4.78 is 11.2. The van der Waals surface area contributed by atoms with E-state index in [4.69, 9.17) is 9.47 Å². The largest absolute Gasteiger partial charge is 0.450 e. The van der Waals surface area contributed by atoms with E-state index < -0.39 is 0 Å². The number of hydrogen-bond donors (Lipinski definition) is 0. The van der Waals surface area contributed by atoms with Crippen molar-refractivity contribution in [2.24, 2.45) is 5.92 Å². The zero-order valence-electron chi connectivity index (χ0n) is 15.3. The van der Waals surface area contributed by atoms with E-state index in [0.717, 1.165) is 51.5 Å². The molecule has 0 N–H and O–H groups in total. The number of morpholine rings is 1. The van der Waals surface area contributed by atoms with Crippen LogP contribution < -0.4 is 0 Å². The van der Waals surface area contributed by atoms with Gasteiger partial charge >= 0.3 is 6.09 Å². The van der Waals surface area contributed by atoms with E-state index in [1.807, 2.05) is 11.8 Å². The van der Waals surface area contributed by atoms with E-state index in [0.29, 0.717) is 18.8 Å². The molecule has 2 heterocycles. The molecule has 0 aromatic rings. The minimum atomic E-state index is -0.145. The maximum Gasteiger partial charge on any atom is 0.409 e. The van der Waals surface area contributed by atoms with E-state index in [1.165, 1.54) is 38.5 Å². The number of piperidine rings is 1. The Morgan fingerprint density at radius 3 is 2.54 bits per heavy atom. The van der Waals surface area contributed by atoms with Crippen LogP contribution in [0.15, 0.2) is 0 Å². The molecule has 5 heteroatoms. The van der Waals surface area contributed by atoms with E-state index in [2.05, 4.69) is 4.90 Å². The molecule has 5 nitrogen and oxygen atoms in total. The molecule has 0 aromatic carbocycles. The molecule has 2 aliphatic heterocycles. The highest BCUT2D eigenvalue weighted by Gasteiger charge is 2.32. The number of amides is 1. The predicted molar refractivity (Wildman–Crippen MR) is 94.1 cm³/mol. The third kappa shape index (κ3) is 4.85. The van der Waals surface area contributed by atoms with Crippen LogP contribution in [0.4, 0.5) is 4.79 Å². The summed E-state index contributed by atoms with van der Waals surface area (Å²) in [6.07, 6.45) is 10.7. The highest BCUT2D eigenvalue weighted by Crippen LogP contribution is 2.30. The molecule has 3 fully saturated rings. The number of nitrogens with zero attached hydrogens (tertiary/aromatic N) is 2. The Labute approximate surface area is 146 Å². The maximum atomic E-state index is 11.8. The van der Waals surface area contributed by atoms with Gasteiger partial charge in [0.25, 0.3) is 0 Å². The summed E-state index contributed by atoms with van der Waals surface area (Å²) in [5, 5.41) is 0. The Kier molecular flexibility index (Phi) is 6.78. The van der Waals surface area contributed by atoms with Crippen molar-refractivity contribution in [3.63, 3.8) is 0 Å². The van der Waals surface area contributed by atoms with Gasteiger partial charge in [-0.05, 0) is 32.1 Å². The van der Waals surface area contributed by atoms with Crippen molar-refractivity contribution in [1.29, 1.82) is 0 Å². The van der Waals surface area contributed by atoms with Crippen LogP contribution in [0.5, 0.6) is 0 Å². The van der Waals surface area contributed by atoms with Gasteiger partial charge in [-0.3, -0.25) is 4.90 Å². The van der Waals surface area contributed by atoms with E-state index >= 15 is 0 Å². The number of rotatable bonds is 4. The summed E-state index contributed by atoms with van der Waals surface area (Å²) in [5.74, 6) is 0.884. The van der Waals surface area contributed by atoms with Crippen molar-refractivity contribution in [2.45, 2.75) is 70.4 Å². The average Bonchev–Trinajstić information content (AvgIpc) is 2.63. The van der Waals surface area contributed by atoms with Gasteiger partial charge in [0.1, 0.15) is 0 Å². The Morgan fingerprint density at radius 1 is 1.08 bits per heavy atom. The first kappa shape index (κ1) is 18.0. The molecule has 0 spiro atoms. The van der Waals surface area contributed by atoms with Gasteiger partial charge in [-0.1, -0.05) is 32.1 Å². The van der Waals surface area contributed by atoms with Gasteiger partial charge in [0.15, 0.2) is 0 Å². The van der Waals surface area contributed by atoms with Crippen molar-refractivity contribution in [3.05, 3.63) is 0 Å². The zero-order chi connectivity index (χ0) is 16.8. The first-order chi connectivity index (χ1) is 11.8. The smallest absolute Gasteiger partial charge is 0.409 e. The summed E-state index contributed by atoms with van der Waals surface area (Å²) >= 11 is 0. The summed E-state index contributed by atoms with van der Waals surface area (Å²) in [6.45, 7) is 6.99. The lowest BCUT2D eigenvalue weighted by molar-refractivity contribution is -0.0616. The van der Waals surface area contributed by atoms with Crippen molar-refractivity contribution in [2.75, 3.05) is 39.4 Å². The van der Waals surface area contributed by atoms with E-state index in [-0.39, 0.29) is 6.09 Å². The summed E-state index contributed by atoms with van der Waals surface area (Å²) in [6, 6.07) is 0.605. The van der Waals surface area contributed by atoms with Gasteiger partial charge in [0.2, 0.25) is 0 Å². The molecule has 3 aliphatic rings. The molecule has 0 bridgehead atoms. The Hall–Kier alpha value is -0.810. The Bertz CT molecular complexity index is 390. The lowest BCUT2D eigenvalue weighted by Gasteiger charge is -2.42. The Balaban J connectivity index is 1.42. The summed E-state index contributed by atoms with van der Waals surface area (Å²) in [5.41, 5.74) is 0. The van der Waals surface area contributed by atoms with Crippen LogP contribution in [0.25, 0.3) is 0 Å². The molecule has 3 rings (SSSR count). The normalized spacial score (nSPS) is 28.0. The molecule has 1 aliphatic carbocycles. The fourth-order valence-corrected chi connectivity index (χ4v) is 4.64. The van der Waals surface area contributed by atoms with Gasteiger partial charge < -0.3 is 14.4 Å². The lowest BCUT2D eigenvalue weighted by Crippen LogP contribution is -2.52. The highest BCUT2D eigenvalue weighted by atomic mass is 16.6. The van der Waals surface area contributed by atoms with Crippen LogP contribution in [0.1, 0.15) is 58.3 Å². The van der Waals surface area contributed by atoms with Crippen molar-refractivity contribution in [1.82, 2.24) is 9.80 Å². The van der Waals surface area contributed by atoms with Crippen molar-refractivity contribution < 1.29 is 14.3 Å². The molecule has 0 radical (unpaired) electrons. The molecule has 2 saturated heterocycles. The van der Waals surface area contributed by atoms with Gasteiger partial charge in [-0.2, -0.15) is 0 Å². The van der Waals surface area contributed by atoms with Crippen LogP contribution in [-0.2, 0) is 9.47 Å². The molecule has 24 heavy (non-hydrogen) atoms. The van der Waals surface area contributed by atoms with Gasteiger partial charge in [-0.25, -0.2) is 4.79 Å². The van der Waals surface area contributed by atoms with Crippen LogP contribution in [-0.4, -0.2) is 67.4 Å². The number of hydrogen-bond acceptors (Lipinski definition) is 4. The second kappa shape index (κ2) is 9.04. The van der Waals surface area contributed by atoms with Crippen LogP contribution >= 0.6 is 0 Å². The molecule has 1 amide bonds. The molecule has 0 aromatic heterocycles. The summed E-state index contributed by atoms with van der Waals surface area (Å²) in [7, 11) is 0. The second-order valence-corrected chi connectivity index (χ2v) is 7.64. The van der Waals surface area contributed by atoms with Crippen LogP contribution in [0.2, 0.25) is 0 Å². The zero-order valence-corrected chi connectivity index (χ0v) is 15.3. The molecule has 138 valence electrons. The first-order valence-electron chi connectivity index (χ1n) is 10.0. The quantitative estimate of drug-likeness (QED) is 0.789. The average molecular weight is 338 g/mol. The molecular formula is C19H34N2O3. The molecule has 1 atom stereocenters. The van der Waals surface area contributed by atoms with E-state index in [9.17, 15) is 4.79 Å². The fraction of sp³-hybridized carbons (Fsp3) is 0.947. The van der Waals surface area contributed by atoms with Crippen LogP contribution in [0, 0.1) is 5.92 Å². The van der Waals surface area contributed by atoms with E-state index in [1.54, 1.807) is 0 Å². The van der Waals surface area contributed by atoms with Gasteiger partial charge in [0.05, 0.1) is 19.3 Å². The van der Waals surface area contributed by atoms with Gasteiger partial charge in [-0.15, -0.1) is 0 Å². The monoisotopic (exact) mass is 338 g/mol. The number of likely N-dealkylation sites (tertiary alicyclic amines) is 1. The lowest BCUT2D eigenvalue weighted by atomic mass is 9.85. The van der Waals surface area contributed by atoms with Crippen LogP contribution in [0.3, 0.4) is 0 Å². The standard InChI is InChI=1S/C19H34N2O3/c1-2-23-19(22)20-10-8-17(9-11-20)21-12-13-24-18(15-21)14-16-6-4-3-5-7-16/h16-18H,2-15H2,1H3. The SMILES string of the molecule is CCOC(=O)N1CCC(N2CCOC(CC3CCCCC3)C2)CC1. The minimum Gasteiger partial charge on any atom is -0.450 e. The number of carbonyl (C=O) groups excluding carboxylic acids is 1. The molecular weight excluding hydrogens is 304 g/mol. The van der Waals surface area contributed by atoms with Crippen molar-refractivity contribution >= 4 is 6.09 Å². The summed E-state index contributed by atoms with van der Waals surface area (Å²) in [4.78, 5) is 16.3. The molecule has 1 unspecified atom stereocenters. The third-order valence-corrected chi connectivity index (χ3v) is 6.00. The first-order valence-corrected chi connectivity index (χ1v) is 10.0. The topological polar surface area (TPSA) is 42.0 Å². The minimum absolute atomic E-state index is 0.145.